The van der Waals surface area contributed by atoms with E-state index < -0.39 is 4.92 Å². The summed E-state index contributed by atoms with van der Waals surface area (Å²) in [6.45, 7) is 0. The van der Waals surface area contributed by atoms with Crippen LogP contribution in [0.3, 0.4) is 0 Å². The van der Waals surface area contributed by atoms with Crippen LogP contribution in [0, 0.1) is 10.1 Å². The summed E-state index contributed by atoms with van der Waals surface area (Å²) in [5, 5.41) is 13.8. The van der Waals surface area contributed by atoms with Crippen LogP contribution in [-0.2, 0) is 11.2 Å². The molecule has 1 N–H and O–H groups in total. The van der Waals surface area contributed by atoms with Crippen molar-refractivity contribution in [3.63, 3.8) is 0 Å². The number of hydrogen-bond acceptors (Lipinski definition) is 4. The minimum absolute atomic E-state index is 0.0497. The second-order valence-corrected chi connectivity index (χ2v) is 4.70. The first-order valence-corrected chi connectivity index (χ1v) is 6.71. The van der Waals surface area contributed by atoms with Crippen LogP contribution in [0.1, 0.15) is 17.2 Å². The first kappa shape index (κ1) is 15.5. The van der Waals surface area contributed by atoms with Crippen molar-refractivity contribution in [2.24, 2.45) is 0 Å². The maximum Gasteiger partial charge on any atom is 0.272 e. The Morgan fingerprint density at radius 3 is 2.50 bits per heavy atom. The number of nitro benzene ring substituents is 1. The second-order valence-electron chi connectivity index (χ2n) is 4.70. The van der Waals surface area contributed by atoms with Crippen LogP contribution in [0.5, 0.6) is 5.75 Å². The molecular weight excluding hydrogens is 284 g/mol. The lowest BCUT2D eigenvalue weighted by molar-refractivity contribution is -0.385. The minimum atomic E-state index is -0.415. The zero-order valence-electron chi connectivity index (χ0n) is 12.1. The minimum Gasteiger partial charge on any atom is -0.497 e. The standard InChI is InChI=1S/C16H16N2O4/c1-22-14-8-6-12(7-9-14)15(17-11-19)10-13-4-2-3-5-16(13)18(20)21/h2-9,11,15H,10H2,1H3,(H,17,19)/t15-/m1/s1. The van der Waals surface area contributed by atoms with Crippen molar-refractivity contribution in [3.8, 4) is 5.75 Å². The third-order valence-electron chi connectivity index (χ3n) is 3.40. The third kappa shape index (κ3) is 3.60. The predicted octanol–water partition coefficient (Wildman–Crippen LogP) is 2.63. The largest absolute Gasteiger partial charge is 0.497 e. The van der Waals surface area contributed by atoms with E-state index in [0.29, 0.717) is 24.1 Å². The Balaban J connectivity index is 2.28. The summed E-state index contributed by atoms with van der Waals surface area (Å²) >= 11 is 0. The van der Waals surface area contributed by atoms with E-state index in [1.807, 2.05) is 12.1 Å². The van der Waals surface area contributed by atoms with Gasteiger partial charge in [-0.2, -0.15) is 0 Å². The second kappa shape index (κ2) is 7.21. The molecule has 1 amide bonds. The van der Waals surface area contributed by atoms with Crippen LogP contribution in [0.25, 0.3) is 0 Å². The fraction of sp³-hybridized carbons (Fsp3) is 0.188. The molecule has 0 aromatic heterocycles. The number of nitro groups is 1. The normalized spacial score (nSPS) is 11.5. The highest BCUT2D eigenvalue weighted by atomic mass is 16.6. The van der Waals surface area contributed by atoms with Gasteiger partial charge in [-0.05, 0) is 17.7 Å². The summed E-state index contributed by atoms with van der Waals surface area (Å²) in [5.74, 6) is 0.708. The molecule has 6 heteroatoms. The molecule has 0 heterocycles. The number of ether oxygens (including phenoxy) is 1. The van der Waals surface area contributed by atoms with E-state index in [2.05, 4.69) is 5.32 Å². The van der Waals surface area contributed by atoms with Crippen molar-refractivity contribution < 1.29 is 14.5 Å². The van der Waals surface area contributed by atoms with Crippen LogP contribution in [-0.4, -0.2) is 18.4 Å². The average molecular weight is 300 g/mol. The van der Waals surface area contributed by atoms with Crippen molar-refractivity contribution in [1.29, 1.82) is 0 Å². The molecule has 6 nitrogen and oxygen atoms in total. The Morgan fingerprint density at radius 2 is 1.91 bits per heavy atom. The molecule has 1 atom stereocenters. The molecule has 0 spiro atoms. The molecule has 22 heavy (non-hydrogen) atoms. The monoisotopic (exact) mass is 300 g/mol. The average Bonchev–Trinajstić information content (AvgIpc) is 2.55. The Hall–Kier alpha value is -2.89. The Kier molecular flexibility index (Phi) is 5.08. The van der Waals surface area contributed by atoms with Crippen LogP contribution in [0.2, 0.25) is 0 Å². The van der Waals surface area contributed by atoms with E-state index in [1.54, 1.807) is 37.4 Å². The SMILES string of the molecule is COc1ccc([C@@H](Cc2ccccc2[N+](=O)[O-])NC=O)cc1. The summed E-state index contributed by atoms with van der Waals surface area (Å²) in [4.78, 5) is 21.5. The number of hydrogen-bond donors (Lipinski definition) is 1. The highest BCUT2D eigenvalue weighted by Crippen LogP contribution is 2.25. The zero-order valence-corrected chi connectivity index (χ0v) is 12.1. The van der Waals surface area contributed by atoms with Crippen molar-refractivity contribution in [3.05, 3.63) is 69.8 Å². The highest BCUT2D eigenvalue weighted by molar-refractivity contribution is 5.49. The summed E-state index contributed by atoms with van der Waals surface area (Å²) in [7, 11) is 1.57. The Bertz CT molecular complexity index is 655. The third-order valence-corrected chi connectivity index (χ3v) is 3.40. The summed E-state index contributed by atoms with van der Waals surface area (Å²) in [5.41, 5.74) is 1.47. The molecule has 0 saturated heterocycles. The number of amides is 1. The van der Waals surface area contributed by atoms with Gasteiger partial charge in [-0.3, -0.25) is 14.9 Å². The maximum absolute atomic E-state index is 11.1. The fourth-order valence-electron chi connectivity index (χ4n) is 2.27. The molecule has 0 aliphatic carbocycles. The Labute approximate surface area is 127 Å². The first-order valence-electron chi connectivity index (χ1n) is 6.71. The molecule has 114 valence electrons. The lowest BCUT2D eigenvalue weighted by Gasteiger charge is -2.17. The van der Waals surface area contributed by atoms with Gasteiger partial charge in [0, 0.05) is 18.1 Å². The lowest BCUT2D eigenvalue weighted by atomic mass is 9.98. The van der Waals surface area contributed by atoms with E-state index in [4.69, 9.17) is 4.74 Å². The number of para-hydroxylation sites is 1. The zero-order chi connectivity index (χ0) is 15.9. The van der Waals surface area contributed by atoms with E-state index >= 15 is 0 Å². The number of benzene rings is 2. The van der Waals surface area contributed by atoms with Gasteiger partial charge in [-0.1, -0.05) is 30.3 Å². The number of methoxy groups -OCH3 is 1. The number of carbonyl (C=O) groups excluding carboxylic acids is 1. The molecule has 0 fully saturated rings. The molecule has 0 unspecified atom stereocenters. The van der Waals surface area contributed by atoms with Gasteiger partial charge < -0.3 is 10.1 Å². The van der Waals surface area contributed by atoms with Crippen LogP contribution in [0.15, 0.2) is 48.5 Å². The van der Waals surface area contributed by atoms with Gasteiger partial charge in [0.15, 0.2) is 0 Å². The lowest BCUT2D eigenvalue weighted by Crippen LogP contribution is -2.22. The van der Waals surface area contributed by atoms with Crippen LogP contribution >= 0.6 is 0 Å². The topological polar surface area (TPSA) is 81.5 Å². The number of nitrogens with zero attached hydrogens (tertiary/aromatic N) is 1. The fourth-order valence-corrected chi connectivity index (χ4v) is 2.27. The van der Waals surface area contributed by atoms with Crippen LogP contribution in [0.4, 0.5) is 5.69 Å². The molecule has 2 aromatic carbocycles. The summed E-state index contributed by atoms with van der Waals surface area (Å²) < 4.78 is 5.10. The summed E-state index contributed by atoms with van der Waals surface area (Å²) in [6, 6.07) is 13.4. The van der Waals surface area contributed by atoms with Gasteiger partial charge in [0.2, 0.25) is 6.41 Å². The van der Waals surface area contributed by atoms with Crippen molar-refractivity contribution in [1.82, 2.24) is 5.32 Å². The van der Waals surface area contributed by atoms with E-state index in [1.165, 1.54) is 6.07 Å². The maximum atomic E-state index is 11.1. The van der Waals surface area contributed by atoms with Crippen molar-refractivity contribution in [2.45, 2.75) is 12.5 Å². The van der Waals surface area contributed by atoms with Gasteiger partial charge in [0.25, 0.3) is 5.69 Å². The number of rotatable bonds is 7. The molecule has 2 aromatic rings. The first-order chi connectivity index (χ1) is 10.7. The van der Waals surface area contributed by atoms with Gasteiger partial charge >= 0.3 is 0 Å². The van der Waals surface area contributed by atoms with Gasteiger partial charge in [0.05, 0.1) is 18.1 Å². The van der Waals surface area contributed by atoms with Crippen molar-refractivity contribution >= 4 is 12.1 Å². The van der Waals surface area contributed by atoms with E-state index in [-0.39, 0.29) is 11.7 Å². The molecule has 2 rings (SSSR count). The molecule has 0 bridgehead atoms. The van der Waals surface area contributed by atoms with E-state index in [0.717, 1.165) is 5.56 Å². The molecule has 0 saturated carbocycles. The molecule has 0 radical (unpaired) electrons. The highest BCUT2D eigenvalue weighted by Gasteiger charge is 2.18. The quantitative estimate of drug-likeness (QED) is 0.484. The number of carbonyl (C=O) groups is 1. The molecule has 0 aliphatic heterocycles. The van der Waals surface area contributed by atoms with Crippen molar-refractivity contribution in [2.75, 3.05) is 7.11 Å². The van der Waals surface area contributed by atoms with Crippen LogP contribution < -0.4 is 10.1 Å². The molecule has 0 aliphatic rings. The van der Waals surface area contributed by atoms with E-state index in [9.17, 15) is 14.9 Å². The van der Waals surface area contributed by atoms with Gasteiger partial charge in [-0.25, -0.2) is 0 Å². The smallest absolute Gasteiger partial charge is 0.272 e. The summed E-state index contributed by atoms with van der Waals surface area (Å²) in [6.07, 6.45) is 0.936. The predicted molar refractivity (Wildman–Crippen MR) is 81.7 cm³/mol. The van der Waals surface area contributed by atoms with Gasteiger partial charge in [-0.15, -0.1) is 0 Å². The molecular formula is C16H16N2O4. The van der Waals surface area contributed by atoms with Gasteiger partial charge in [0.1, 0.15) is 5.75 Å². The number of nitrogens with one attached hydrogen (secondary N) is 1. The Morgan fingerprint density at radius 1 is 1.23 bits per heavy atom.